The zero-order chi connectivity index (χ0) is 13.4. The maximum Gasteiger partial charge on any atom is 0.334 e. The molecule has 0 radical (unpaired) electrons. The zero-order valence-electron chi connectivity index (χ0n) is 9.87. The molecule has 0 saturated carbocycles. The Morgan fingerprint density at radius 3 is 3.00 bits per heavy atom. The van der Waals surface area contributed by atoms with Gasteiger partial charge in [0.1, 0.15) is 0 Å². The summed E-state index contributed by atoms with van der Waals surface area (Å²) in [5.74, 6) is -1.13. The molecule has 1 saturated heterocycles. The molecular formula is C12H11NO4S2. The third-order valence-electron chi connectivity index (χ3n) is 2.98. The number of carboxylic acids is 1. The molecule has 1 aliphatic heterocycles. The molecule has 1 N–H and O–H groups in total. The van der Waals surface area contributed by atoms with Crippen molar-refractivity contribution in [2.24, 2.45) is 0 Å². The molecule has 3 rings (SSSR count). The van der Waals surface area contributed by atoms with Gasteiger partial charge in [-0.3, -0.25) is 4.79 Å². The number of morpholine rings is 1. The second kappa shape index (κ2) is 4.92. The molecular weight excluding hydrogens is 286 g/mol. The molecule has 19 heavy (non-hydrogen) atoms. The minimum atomic E-state index is -1.02. The summed E-state index contributed by atoms with van der Waals surface area (Å²) in [7, 11) is 0. The second-order valence-corrected chi connectivity index (χ2v) is 6.24. The topological polar surface area (TPSA) is 66.8 Å². The number of carbonyl (C=O) groups is 2. The molecule has 1 aliphatic rings. The van der Waals surface area contributed by atoms with Crippen LogP contribution in [-0.4, -0.2) is 47.7 Å². The smallest absolute Gasteiger partial charge is 0.334 e. The van der Waals surface area contributed by atoms with Gasteiger partial charge in [0.15, 0.2) is 6.10 Å². The first-order chi connectivity index (χ1) is 9.15. The zero-order valence-corrected chi connectivity index (χ0v) is 11.5. The summed E-state index contributed by atoms with van der Waals surface area (Å²) >= 11 is 3.04. The maximum absolute atomic E-state index is 12.3. The van der Waals surface area contributed by atoms with Crippen molar-refractivity contribution in [2.45, 2.75) is 6.10 Å². The molecule has 2 aromatic heterocycles. The maximum atomic E-state index is 12.3. The number of aliphatic carboxylic acids is 1. The van der Waals surface area contributed by atoms with Crippen molar-refractivity contribution in [1.29, 1.82) is 0 Å². The molecule has 0 bridgehead atoms. The van der Waals surface area contributed by atoms with E-state index >= 15 is 0 Å². The van der Waals surface area contributed by atoms with Crippen LogP contribution in [0.25, 0.3) is 9.40 Å². The van der Waals surface area contributed by atoms with Crippen LogP contribution < -0.4 is 0 Å². The number of ether oxygens (including phenoxy) is 1. The number of amides is 1. The number of hydrogen-bond acceptors (Lipinski definition) is 5. The molecule has 5 nitrogen and oxygen atoms in total. The summed E-state index contributed by atoms with van der Waals surface area (Å²) in [6.07, 6.45) is -0.918. The van der Waals surface area contributed by atoms with Gasteiger partial charge < -0.3 is 14.7 Å². The molecule has 1 amide bonds. The Bertz CT molecular complexity index is 604. The lowest BCUT2D eigenvalue weighted by Gasteiger charge is -2.30. The summed E-state index contributed by atoms with van der Waals surface area (Å²) in [5, 5.41) is 10.9. The highest BCUT2D eigenvalue weighted by molar-refractivity contribution is 7.27. The van der Waals surface area contributed by atoms with Gasteiger partial charge in [-0.2, -0.15) is 0 Å². The number of carboxylic acid groups (broad SMARTS) is 1. The molecule has 100 valence electrons. The van der Waals surface area contributed by atoms with Crippen LogP contribution in [0.5, 0.6) is 0 Å². The highest BCUT2D eigenvalue weighted by Crippen LogP contribution is 2.30. The number of thiophene rings is 2. The molecule has 2 aromatic rings. The molecule has 0 aliphatic carbocycles. The monoisotopic (exact) mass is 297 g/mol. The van der Waals surface area contributed by atoms with E-state index in [4.69, 9.17) is 9.84 Å². The van der Waals surface area contributed by atoms with Crippen molar-refractivity contribution in [1.82, 2.24) is 4.90 Å². The minimum Gasteiger partial charge on any atom is -0.479 e. The lowest BCUT2D eigenvalue weighted by Crippen LogP contribution is -2.48. The van der Waals surface area contributed by atoms with Gasteiger partial charge in [-0.1, -0.05) is 0 Å². The van der Waals surface area contributed by atoms with Crippen molar-refractivity contribution < 1.29 is 19.4 Å². The summed E-state index contributed by atoms with van der Waals surface area (Å²) < 4.78 is 7.30. The number of nitrogens with zero attached hydrogens (tertiary/aromatic N) is 1. The van der Waals surface area contributed by atoms with Crippen molar-refractivity contribution in [2.75, 3.05) is 19.7 Å². The fraction of sp³-hybridized carbons (Fsp3) is 0.333. The van der Waals surface area contributed by atoms with Gasteiger partial charge in [-0.05, 0) is 17.5 Å². The van der Waals surface area contributed by atoms with Crippen LogP contribution in [0.3, 0.4) is 0 Å². The number of hydrogen-bond donors (Lipinski definition) is 1. The van der Waals surface area contributed by atoms with Gasteiger partial charge >= 0.3 is 5.97 Å². The highest BCUT2D eigenvalue weighted by Gasteiger charge is 2.30. The Kier molecular flexibility index (Phi) is 3.26. The quantitative estimate of drug-likeness (QED) is 0.919. The number of rotatable bonds is 2. The van der Waals surface area contributed by atoms with Gasteiger partial charge in [0.05, 0.1) is 18.0 Å². The van der Waals surface area contributed by atoms with Crippen LogP contribution in [0.4, 0.5) is 0 Å². The number of carbonyl (C=O) groups excluding carboxylic acids is 1. The van der Waals surface area contributed by atoms with Crippen molar-refractivity contribution >= 4 is 43.9 Å². The minimum absolute atomic E-state index is 0.108. The Balaban J connectivity index is 1.79. The van der Waals surface area contributed by atoms with Crippen molar-refractivity contribution in [3.63, 3.8) is 0 Å². The third kappa shape index (κ3) is 2.36. The first-order valence-electron chi connectivity index (χ1n) is 5.76. The standard InChI is InChI=1S/C12H11NO4S2/c14-11(10-5-9-8(19-10)1-4-18-9)13-2-3-17-7(6-13)12(15)16/h1,4-5,7H,2-3,6H2,(H,15,16). The Morgan fingerprint density at radius 2 is 2.26 bits per heavy atom. The van der Waals surface area contributed by atoms with Gasteiger partial charge in [0.2, 0.25) is 0 Å². The fourth-order valence-electron chi connectivity index (χ4n) is 2.01. The molecule has 7 heteroatoms. The summed E-state index contributed by atoms with van der Waals surface area (Å²) in [4.78, 5) is 25.4. The van der Waals surface area contributed by atoms with Crippen molar-refractivity contribution in [3.8, 4) is 0 Å². The lowest BCUT2D eigenvalue weighted by atomic mass is 10.2. The predicted molar refractivity (Wildman–Crippen MR) is 73.0 cm³/mol. The van der Waals surface area contributed by atoms with E-state index in [-0.39, 0.29) is 19.1 Å². The average molecular weight is 297 g/mol. The third-order valence-corrected chi connectivity index (χ3v) is 5.06. The first kappa shape index (κ1) is 12.6. The second-order valence-electron chi connectivity index (χ2n) is 4.21. The van der Waals surface area contributed by atoms with Crippen LogP contribution in [0.2, 0.25) is 0 Å². The highest BCUT2D eigenvalue weighted by atomic mass is 32.1. The molecule has 3 heterocycles. The van der Waals surface area contributed by atoms with E-state index in [0.29, 0.717) is 11.4 Å². The Labute approximate surface area is 117 Å². The van der Waals surface area contributed by atoms with Gasteiger partial charge in [-0.15, -0.1) is 22.7 Å². The lowest BCUT2D eigenvalue weighted by molar-refractivity contribution is -0.154. The largest absolute Gasteiger partial charge is 0.479 e. The Hall–Kier alpha value is -1.44. The molecule has 1 fully saturated rings. The van der Waals surface area contributed by atoms with E-state index in [1.165, 1.54) is 11.3 Å². The van der Waals surface area contributed by atoms with E-state index in [9.17, 15) is 9.59 Å². The van der Waals surface area contributed by atoms with E-state index in [0.717, 1.165) is 9.40 Å². The number of fused-ring (bicyclic) bond motifs is 1. The predicted octanol–water partition coefficient (Wildman–Crippen LogP) is 1.89. The average Bonchev–Trinajstić information content (AvgIpc) is 2.98. The van der Waals surface area contributed by atoms with Gasteiger partial charge in [-0.25, -0.2) is 4.79 Å². The van der Waals surface area contributed by atoms with E-state index in [1.54, 1.807) is 16.2 Å². The van der Waals surface area contributed by atoms with Crippen LogP contribution >= 0.6 is 22.7 Å². The first-order valence-corrected chi connectivity index (χ1v) is 7.45. The van der Waals surface area contributed by atoms with Crippen LogP contribution in [0.15, 0.2) is 17.5 Å². The van der Waals surface area contributed by atoms with Crippen molar-refractivity contribution in [3.05, 3.63) is 22.4 Å². The Morgan fingerprint density at radius 1 is 1.42 bits per heavy atom. The van der Waals surface area contributed by atoms with Crippen LogP contribution in [0.1, 0.15) is 9.67 Å². The molecule has 0 spiro atoms. The normalized spacial score (nSPS) is 19.8. The summed E-state index contributed by atoms with van der Waals surface area (Å²) in [6.45, 7) is 0.816. The summed E-state index contributed by atoms with van der Waals surface area (Å²) in [6, 6.07) is 3.86. The molecule has 0 aromatic carbocycles. The molecule has 1 atom stereocenters. The van der Waals surface area contributed by atoms with Gasteiger partial charge in [0.25, 0.3) is 5.91 Å². The van der Waals surface area contributed by atoms with Crippen LogP contribution in [-0.2, 0) is 9.53 Å². The van der Waals surface area contributed by atoms with Crippen LogP contribution in [0, 0.1) is 0 Å². The fourth-order valence-corrected chi connectivity index (χ4v) is 4.09. The van der Waals surface area contributed by atoms with E-state index in [2.05, 4.69) is 0 Å². The van der Waals surface area contributed by atoms with E-state index in [1.807, 2.05) is 17.5 Å². The van der Waals surface area contributed by atoms with Gasteiger partial charge in [0, 0.05) is 15.9 Å². The SMILES string of the molecule is O=C(O)C1CN(C(=O)c2cc3sccc3s2)CCO1. The van der Waals surface area contributed by atoms with E-state index < -0.39 is 12.1 Å². The molecule has 1 unspecified atom stereocenters. The summed E-state index contributed by atoms with van der Waals surface area (Å²) in [5.41, 5.74) is 0.